The van der Waals surface area contributed by atoms with E-state index in [9.17, 15) is 4.79 Å². The third-order valence-electron chi connectivity index (χ3n) is 1.79. The standard InChI is InChI=1S/C11H9NOSe/c13-11(9-5-2-1-3-6-9)12-10-7-4-8-14-10/h1-8H,(H,12,13). The molecule has 1 aromatic carbocycles. The van der Waals surface area contributed by atoms with Crippen molar-refractivity contribution in [2.75, 3.05) is 5.32 Å². The maximum absolute atomic E-state index is 11.6. The predicted octanol–water partition coefficient (Wildman–Crippen LogP) is 2.00. The van der Waals surface area contributed by atoms with Crippen molar-refractivity contribution in [2.45, 2.75) is 0 Å². The number of rotatable bonds is 2. The van der Waals surface area contributed by atoms with Crippen LogP contribution in [0.2, 0.25) is 0 Å². The average Bonchev–Trinajstić information content (AvgIpc) is 2.72. The first-order valence-corrected chi connectivity index (χ1v) is 6.11. The van der Waals surface area contributed by atoms with E-state index in [0.29, 0.717) is 20.1 Å². The SMILES string of the molecule is O=C(Nc1ccc[se]1)c1ccccc1. The van der Waals surface area contributed by atoms with Crippen LogP contribution in [0.3, 0.4) is 0 Å². The molecule has 0 spiro atoms. The molecule has 1 N–H and O–H groups in total. The number of nitrogens with one attached hydrogen (secondary N) is 1. The third-order valence-corrected chi connectivity index (χ3v) is 3.44. The topological polar surface area (TPSA) is 29.1 Å². The van der Waals surface area contributed by atoms with Crippen LogP contribution in [0.15, 0.2) is 47.4 Å². The van der Waals surface area contributed by atoms with Gasteiger partial charge in [-0.1, -0.05) is 0 Å². The van der Waals surface area contributed by atoms with Gasteiger partial charge in [-0.15, -0.1) is 0 Å². The summed E-state index contributed by atoms with van der Waals surface area (Å²) in [6.07, 6.45) is 0. The molecule has 2 nitrogen and oxygen atoms in total. The van der Waals surface area contributed by atoms with Gasteiger partial charge in [0, 0.05) is 0 Å². The van der Waals surface area contributed by atoms with Gasteiger partial charge in [-0.3, -0.25) is 0 Å². The quantitative estimate of drug-likeness (QED) is 0.811. The minimum absolute atomic E-state index is 0.0255. The summed E-state index contributed by atoms with van der Waals surface area (Å²) in [5, 5.41) is 2.88. The van der Waals surface area contributed by atoms with E-state index in [1.165, 1.54) is 0 Å². The molecule has 2 aromatic rings. The van der Waals surface area contributed by atoms with E-state index in [2.05, 4.69) is 10.3 Å². The summed E-state index contributed by atoms with van der Waals surface area (Å²) in [6.45, 7) is 0. The summed E-state index contributed by atoms with van der Waals surface area (Å²) in [6, 6.07) is 13.2. The molecule has 0 saturated carbocycles. The predicted molar refractivity (Wildman–Crippen MR) is 57.8 cm³/mol. The van der Waals surface area contributed by atoms with Crippen LogP contribution in [-0.4, -0.2) is 20.4 Å². The summed E-state index contributed by atoms with van der Waals surface area (Å²) >= 11 is 0.296. The molecule has 1 heterocycles. The fourth-order valence-electron chi connectivity index (χ4n) is 1.12. The van der Waals surface area contributed by atoms with Gasteiger partial charge in [-0.25, -0.2) is 0 Å². The van der Waals surface area contributed by atoms with Gasteiger partial charge in [0.2, 0.25) is 0 Å². The van der Waals surface area contributed by atoms with Crippen molar-refractivity contribution in [2.24, 2.45) is 0 Å². The Kier molecular flexibility index (Phi) is 2.82. The molecule has 1 amide bonds. The van der Waals surface area contributed by atoms with Gasteiger partial charge in [0.25, 0.3) is 0 Å². The maximum atomic E-state index is 11.6. The zero-order valence-corrected chi connectivity index (χ0v) is 9.15. The van der Waals surface area contributed by atoms with Crippen LogP contribution in [0, 0.1) is 0 Å². The van der Waals surface area contributed by atoms with Gasteiger partial charge >= 0.3 is 88.1 Å². The van der Waals surface area contributed by atoms with Crippen molar-refractivity contribution < 1.29 is 4.79 Å². The summed E-state index contributed by atoms with van der Waals surface area (Å²) in [4.78, 5) is 13.7. The van der Waals surface area contributed by atoms with Crippen molar-refractivity contribution in [3.05, 3.63) is 53.0 Å². The molecule has 1 aromatic heterocycles. The number of carbonyl (C=O) groups is 1. The van der Waals surface area contributed by atoms with Crippen molar-refractivity contribution in [3.63, 3.8) is 0 Å². The Bertz CT molecular complexity index is 408. The molecule has 3 heteroatoms. The summed E-state index contributed by atoms with van der Waals surface area (Å²) in [5.41, 5.74) is 0.705. The van der Waals surface area contributed by atoms with E-state index < -0.39 is 0 Å². The van der Waals surface area contributed by atoms with Gasteiger partial charge in [-0.2, -0.15) is 0 Å². The number of carbonyl (C=O) groups excluding carboxylic acids is 1. The molecule has 0 aliphatic rings. The van der Waals surface area contributed by atoms with Gasteiger partial charge in [0.1, 0.15) is 0 Å². The van der Waals surface area contributed by atoms with Crippen molar-refractivity contribution >= 4 is 25.0 Å². The summed E-state index contributed by atoms with van der Waals surface area (Å²) in [7, 11) is 0. The Balaban J connectivity index is 2.11. The normalized spacial score (nSPS) is 9.71. The molecule has 2 rings (SSSR count). The molecular formula is C11H9NOSe. The molecule has 0 aliphatic carbocycles. The first-order valence-electron chi connectivity index (χ1n) is 4.26. The second-order valence-electron chi connectivity index (χ2n) is 2.80. The van der Waals surface area contributed by atoms with E-state index in [1.807, 2.05) is 42.5 Å². The van der Waals surface area contributed by atoms with E-state index in [4.69, 9.17) is 0 Å². The van der Waals surface area contributed by atoms with Crippen LogP contribution in [0.4, 0.5) is 4.56 Å². The second-order valence-corrected chi connectivity index (χ2v) is 4.79. The number of anilines is 1. The molecule has 0 unspecified atom stereocenters. The average molecular weight is 250 g/mol. The third kappa shape index (κ3) is 2.13. The minimum atomic E-state index is -0.0255. The summed E-state index contributed by atoms with van der Waals surface area (Å²) < 4.78 is 1.02. The van der Waals surface area contributed by atoms with Gasteiger partial charge in [0.05, 0.1) is 0 Å². The van der Waals surface area contributed by atoms with E-state index >= 15 is 0 Å². The van der Waals surface area contributed by atoms with Gasteiger partial charge < -0.3 is 0 Å². The molecule has 14 heavy (non-hydrogen) atoms. The molecule has 0 saturated heterocycles. The van der Waals surface area contributed by atoms with Crippen LogP contribution in [0.25, 0.3) is 0 Å². The molecule has 70 valence electrons. The molecule has 0 bridgehead atoms. The zero-order chi connectivity index (χ0) is 9.80. The van der Waals surface area contributed by atoms with E-state index in [-0.39, 0.29) is 5.91 Å². The number of hydrogen-bond donors (Lipinski definition) is 1. The van der Waals surface area contributed by atoms with Crippen molar-refractivity contribution in [3.8, 4) is 0 Å². The number of benzene rings is 1. The van der Waals surface area contributed by atoms with Crippen LogP contribution in [0.1, 0.15) is 10.4 Å². The number of hydrogen-bond acceptors (Lipinski definition) is 1. The first kappa shape index (κ1) is 9.25. The molecule has 0 fully saturated rings. The Morgan fingerprint density at radius 2 is 1.86 bits per heavy atom. The molecule has 0 atom stereocenters. The molecular weight excluding hydrogens is 241 g/mol. The van der Waals surface area contributed by atoms with Crippen LogP contribution in [-0.2, 0) is 0 Å². The monoisotopic (exact) mass is 251 g/mol. The van der Waals surface area contributed by atoms with E-state index in [1.54, 1.807) is 0 Å². The number of amides is 1. The molecule has 0 aliphatic heterocycles. The van der Waals surface area contributed by atoms with Gasteiger partial charge in [-0.05, 0) is 0 Å². The Labute approximate surface area is 88.3 Å². The Morgan fingerprint density at radius 1 is 1.07 bits per heavy atom. The Morgan fingerprint density at radius 3 is 2.50 bits per heavy atom. The fraction of sp³-hybridized carbons (Fsp3) is 0. The molecule has 0 radical (unpaired) electrons. The van der Waals surface area contributed by atoms with Crippen molar-refractivity contribution in [1.82, 2.24) is 0 Å². The fourth-order valence-corrected chi connectivity index (χ4v) is 2.41. The van der Waals surface area contributed by atoms with Gasteiger partial charge in [0.15, 0.2) is 0 Å². The Hall–Kier alpha value is -1.31. The van der Waals surface area contributed by atoms with Crippen LogP contribution >= 0.6 is 0 Å². The summed E-state index contributed by atoms with van der Waals surface area (Å²) in [5.74, 6) is -0.0255. The van der Waals surface area contributed by atoms with Crippen LogP contribution in [0.5, 0.6) is 0 Å². The zero-order valence-electron chi connectivity index (χ0n) is 7.44. The second kappa shape index (κ2) is 4.27. The van der Waals surface area contributed by atoms with Crippen molar-refractivity contribution in [1.29, 1.82) is 0 Å². The van der Waals surface area contributed by atoms with Crippen LogP contribution < -0.4 is 5.32 Å². The van der Waals surface area contributed by atoms with E-state index in [0.717, 1.165) is 4.56 Å². The first-order chi connectivity index (χ1) is 6.86.